The molecule has 0 aromatic rings. The molecule has 5 nitrogen and oxygen atoms in total. The van der Waals surface area contributed by atoms with E-state index in [0.29, 0.717) is 0 Å². The molecular formula is H8CrO5Pb2. The molecule has 0 fully saturated rings. The van der Waals surface area contributed by atoms with Crippen molar-refractivity contribution in [2.45, 2.75) is 0 Å². The molecule has 8 heavy (non-hydrogen) atoms. The first-order valence-electron chi connectivity index (χ1n) is 0. The fourth-order valence-electron chi connectivity index (χ4n) is 0. The average molecular weight is 554 g/mol. The minimum atomic E-state index is 0. The Morgan fingerprint density at radius 2 is 0.625 bits per heavy atom. The Kier molecular flexibility index (Phi) is 2930. The summed E-state index contributed by atoms with van der Waals surface area (Å²) in [6.45, 7) is 0. The Morgan fingerprint density at radius 3 is 0.625 bits per heavy atom. The van der Waals surface area contributed by atoms with E-state index >= 15 is 0 Å². The van der Waals surface area contributed by atoms with Gasteiger partial charge in [0.05, 0.1) is 0 Å². The predicted molar refractivity (Wildman–Crippen MR) is 26.2 cm³/mol. The molecule has 8 N–H and O–H groups in total. The van der Waals surface area contributed by atoms with Crippen LogP contribution in [0.1, 0.15) is 0 Å². The fourth-order valence-corrected chi connectivity index (χ4v) is 0. The van der Waals surface area contributed by atoms with Crippen LogP contribution in [0.25, 0.3) is 0 Å². The van der Waals surface area contributed by atoms with Crippen LogP contribution >= 0.6 is 0 Å². The number of hydrogen-bond donors (Lipinski definition) is 0. The summed E-state index contributed by atoms with van der Waals surface area (Å²) in [5, 5.41) is 0. The van der Waals surface area contributed by atoms with E-state index in [0.717, 1.165) is 0 Å². The Labute approximate surface area is 98.2 Å². The molecule has 0 spiro atoms. The Balaban J connectivity index is 0. The smallest absolute Gasteiger partial charge is 0.870 e. The van der Waals surface area contributed by atoms with Gasteiger partial charge in [-0.2, -0.15) is 0 Å². The van der Waals surface area contributed by atoms with E-state index in [4.69, 9.17) is 0 Å². The van der Waals surface area contributed by atoms with E-state index in [-0.39, 0.29) is 99.3 Å². The summed E-state index contributed by atoms with van der Waals surface area (Å²) in [4.78, 5) is 0. The first kappa shape index (κ1) is 181. The Hall–Kier alpha value is 2.18. The van der Waals surface area contributed by atoms with Crippen molar-refractivity contribution in [2.75, 3.05) is 0 Å². The van der Waals surface area contributed by atoms with Crippen molar-refractivity contribution in [1.82, 2.24) is 0 Å². The van der Waals surface area contributed by atoms with Crippen LogP contribution in [-0.4, -0.2) is 82.0 Å². The molecule has 0 saturated carbocycles. The van der Waals surface area contributed by atoms with Crippen LogP contribution in [0.2, 0.25) is 0 Å². The van der Waals surface area contributed by atoms with Crippen molar-refractivity contribution < 1.29 is 44.7 Å². The average Bonchev–Trinajstić information content (AvgIpc) is 0. The van der Waals surface area contributed by atoms with Gasteiger partial charge in [0.15, 0.2) is 0 Å². The van der Waals surface area contributed by atoms with Gasteiger partial charge in [-0.25, -0.2) is 0 Å². The van der Waals surface area contributed by atoms with E-state index in [1.54, 1.807) is 0 Å². The van der Waals surface area contributed by atoms with Crippen LogP contribution in [0.5, 0.6) is 0 Å². The molecule has 0 aromatic heterocycles. The molecule has 0 aliphatic heterocycles. The molecule has 0 aromatic carbocycles. The van der Waals surface area contributed by atoms with E-state index in [2.05, 4.69) is 0 Å². The number of rotatable bonds is 0. The first-order valence-corrected chi connectivity index (χ1v) is 0. The van der Waals surface area contributed by atoms with Crippen LogP contribution in [0.15, 0.2) is 0 Å². The maximum absolute atomic E-state index is 0. The zero-order valence-corrected chi connectivity index (χ0v) is 12.9. The molecule has 52 valence electrons. The zero-order valence-electron chi connectivity index (χ0n) is 3.80. The second-order valence-corrected chi connectivity index (χ2v) is 0. The van der Waals surface area contributed by atoms with Crippen molar-refractivity contribution in [1.29, 1.82) is 0 Å². The molecule has 6 radical (unpaired) electrons. The van der Waals surface area contributed by atoms with E-state index in [1.165, 1.54) is 0 Å². The zero-order chi connectivity index (χ0) is 0. The van der Waals surface area contributed by atoms with Crippen molar-refractivity contribution in [3.63, 3.8) is 0 Å². The molecule has 0 rings (SSSR count). The van der Waals surface area contributed by atoms with Gasteiger partial charge in [0, 0.05) is 44.7 Å². The SMILES string of the molecule is O.O.O.[Cr].[OH-].[OH-].[Pb+2].[Pb]. The molecule has 8 heteroatoms. The molecule has 0 aliphatic rings. The molecule has 0 saturated heterocycles. The van der Waals surface area contributed by atoms with Gasteiger partial charge in [0.25, 0.3) is 0 Å². The third-order valence-electron chi connectivity index (χ3n) is 0. The summed E-state index contributed by atoms with van der Waals surface area (Å²) in [5.41, 5.74) is 0. The normalized spacial score (nSPS) is 0. The van der Waals surface area contributed by atoms with Crippen LogP contribution < -0.4 is 0 Å². The van der Waals surface area contributed by atoms with Gasteiger partial charge in [-0.05, 0) is 0 Å². The van der Waals surface area contributed by atoms with E-state index in [1.807, 2.05) is 0 Å². The fraction of sp³-hybridized carbons (Fsp3) is 0. The third-order valence-corrected chi connectivity index (χ3v) is 0. The summed E-state index contributed by atoms with van der Waals surface area (Å²) in [5.74, 6) is 0. The maximum atomic E-state index is 0. The van der Waals surface area contributed by atoms with Gasteiger partial charge >= 0.3 is 27.3 Å². The summed E-state index contributed by atoms with van der Waals surface area (Å²) < 4.78 is 0. The molecule has 0 atom stereocenters. The summed E-state index contributed by atoms with van der Waals surface area (Å²) in [6, 6.07) is 0. The van der Waals surface area contributed by atoms with Gasteiger partial charge in [-0.1, -0.05) is 0 Å². The Morgan fingerprint density at radius 1 is 0.625 bits per heavy atom. The topological polar surface area (TPSA) is 154 Å². The molecular weight excluding hydrogens is 546 g/mol. The largest absolute Gasteiger partial charge is 2.00 e. The first-order chi connectivity index (χ1) is 0. The van der Waals surface area contributed by atoms with E-state index < -0.39 is 0 Å². The van der Waals surface area contributed by atoms with Gasteiger partial charge in [0.1, 0.15) is 0 Å². The summed E-state index contributed by atoms with van der Waals surface area (Å²) in [7, 11) is 0. The monoisotopic (exact) mass is 556 g/mol. The van der Waals surface area contributed by atoms with Crippen LogP contribution in [0.4, 0.5) is 0 Å². The standard InChI is InChI=1S/Cr.5H2O.2Pb/h;5*1H2;;/q;;;;;;;+2/p-2. The minimum Gasteiger partial charge on any atom is -0.870 e. The van der Waals surface area contributed by atoms with Crippen LogP contribution in [0, 0.1) is 0 Å². The Bertz CT molecular complexity index is 10.4. The minimum absolute atomic E-state index is 0. The van der Waals surface area contributed by atoms with Gasteiger partial charge in [-0.15, -0.1) is 0 Å². The maximum Gasteiger partial charge on any atom is 2.00 e. The van der Waals surface area contributed by atoms with Crippen molar-refractivity contribution in [3.8, 4) is 0 Å². The van der Waals surface area contributed by atoms with Crippen molar-refractivity contribution >= 4 is 54.6 Å². The second-order valence-electron chi connectivity index (χ2n) is 0. The molecule has 0 heterocycles. The van der Waals surface area contributed by atoms with E-state index in [9.17, 15) is 0 Å². The molecule has 0 aliphatic carbocycles. The predicted octanol–water partition coefficient (Wildman–Crippen LogP) is -3.59. The van der Waals surface area contributed by atoms with Gasteiger partial charge < -0.3 is 27.4 Å². The van der Waals surface area contributed by atoms with Crippen molar-refractivity contribution in [3.05, 3.63) is 0 Å². The molecule has 0 amide bonds. The number of hydrogen-bond acceptors (Lipinski definition) is 2. The third kappa shape index (κ3) is 88.9. The second kappa shape index (κ2) is 129. The van der Waals surface area contributed by atoms with Crippen LogP contribution in [0.3, 0.4) is 0 Å². The van der Waals surface area contributed by atoms with Crippen LogP contribution in [-0.2, 0) is 17.4 Å². The van der Waals surface area contributed by atoms with Gasteiger partial charge in [-0.3, -0.25) is 0 Å². The molecule has 0 bridgehead atoms. The van der Waals surface area contributed by atoms with Crippen molar-refractivity contribution in [2.24, 2.45) is 0 Å². The quantitative estimate of drug-likeness (QED) is 0.284. The summed E-state index contributed by atoms with van der Waals surface area (Å²) in [6.07, 6.45) is 0. The summed E-state index contributed by atoms with van der Waals surface area (Å²) >= 11 is 0. The molecule has 0 unspecified atom stereocenters. The van der Waals surface area contributed by atoms with Gasteiger partial charge in [0.2, 0.25) is 0 Å².